The zero-order valence-electron chi connectivity index (χ0n) is 13.2. The molecule has 21 heavy (non-hydrogen) atoms. The van der Waals surface area contributed by atoms with Gasteiger partial charge in [0.2, 0.25) is 0 Å². The SMILES string of the molecule is CC(=O)c1ccc(NC(=O)N2CC(C)CC(C)C2C)cc1. The number of anilines is 1. The van der Waals surface area contributed by atoms with Crippen LogP contribution in [0, 0.1) is 11.8 Å². The Morgan fingerprint density at radius 1 is 1.14 bits per heavy atom. The molecule has 1 fully saturated rings. The van der Waals surface area contributed by atoms with Gasteiger partial charge in [0.25, 0.3) is 0 Å². The summed E-state index contributed by atoms with van der Waals surface area (Å²) in [7, 11) is 0. The van der Waals surface area contributed by atoms with Gasteiger partial charge in [0, 0.05) is 23.8 Å². The minimum atomic E-state index is -0.0588. The highest BCUT2D eigenvalue weighted by molar-refractivity contribution is 5.95. The van der Waals surface area contributed by atoms with Gasteiger partial charge in [-0.1, -0.05) is 13.8 Å². The van der Waals surface area contributed by atoms with E-state index in [1.165, 1.54) is 6.92 Å². The molecule has 1 heterocycles. The van der Waals surface area contributed by atoms with Crippen molar-refractivity contribution >= 4 is 17.5 Å². The molecule has 0 radical (unpaired) electrons. The molecule has 1 N–H and O–H groups in total. The minimum Gasteiger partial charge on any atom is -0.321 e. The quantitative estimate of drug-likeness (QED) is 0.842. The Morgan fingerprint density at radius 3 is 2.33 bits per heavy atom. The fraction of sp³-hybridized carbons (Fsp3) is 0.529. The van der Waals surface area contributed by atoms with E-state index in [1.807, 2.05) is 4.90 Å². The third kappa shape index (κ3) is 3.63. The largest absolute Gasteiger partial charge is 0.322 e. The van der Waals surface area contributed by atoms with Crippen molar-refractivity contribution in [3.8, 4) is 0 Å². The first-order chi connectivity index (χ1) is 9.88. The van der Waals surface area contributed by atoms with E-state index in [0.717, 1.165) is 18.7 Å². The van der Waals surface area contributed by atoms with E-state index in [1.54, 1.807) is 24.3 Å². The topological polar surface area (TPSA) is 49.4 Å². The van der Waals surface area contributed by atoms with Crippen molar-refractivity contribution in [2.24, 2.45) is 11.8 Å². The number of amides is 2. The molecule has 1 saturated heterocycles. The Bertz CT molecular complexity index is 524. The molecule has 0 aromatic heterocycles. The van der Waals surface area contributed by atoms with Crippen molar-refractivity contribution in [2.75, 3.05) is 11.9 Å². The molecule has 1 aliphatic heterocycles. The third-order valence-corrected chi connectivity index (χ3v) is 4.40. The highest BCUT2D eigenvalue weighted by Crippen LogP contribution is 2.27. The van der Waals surface area contributed by atoms with Crippen LogP contribution in [0.5, 0.6) is 0 Å². The fourth-order valence-electron chi connectivity index (χ4n) is 2.97. The molecule has 2 amide bonds. The Hall–Kier alpha value is -1.84. The van der Waals surface area contributed by atoms with Gasteiger partial charge in [-0.25, -0.2) is 4.79 Å². The number of carbonyl (C=O) groups excluding carboxylic acids is 2. The molecule has 4 nitrogen and oxygen atoms in total. The first kappa shape index (κ1) is 15.5. The van der Waals surface area contributed by atoms with Gasteiger partial charge in [0.15, 0.2) is 5.78 Å². The van der Waals surface area contributed by atoms with Crippen LogP contribution in [0.4, 0.5) is 10.5 Å². The number of nitrogens with one attached hydrogen (secondary N) is 1. The molecular weight excluding hydrogens is 264 g/mol. The number of hydrogen-bond acceptors (Lipinski definition) is 2. The van der Waals surface area contributed by atoms with E-state index < -0.39 is 0 Å². The smallest absolute Gasteiger partial charge is 0.321 e. The Balaban J connectivity index is 2.04. The number of hydrogen-bond donors (Lipinski definition) is 1. The number of rotatable bonds is 2. The van der Waals surface area contributed by atoms with Crippen molar-refractivity contribution < 1.29 is 9.59 Å². The molecule has 1 aliphatic rings. The maximum Gasteiger partial charge on any atom is 0.322 e. The molecule has 2 rings (SSSR count). The second-order valence-corrected chi connectivity index (χ2v) is 6.27. The van der Waals surface area contributed by atoms with Crippen molar-refractivity contribution in [3.05, 3.63) is 29.8 Å². The molecule has 4 heteroatoms. The summed E-state index contributed by atoms with van der Waals surface area (Å²) in [5, 5.41) is 2.92. The summed E-state index contributed by atoms with van der Waals surface area (Å²) >= 11 is 0. The molecule has 0 spiro atoms. The highest BCUT2D eigenvalue weighted by Gasteiger charge is 2.31. The molecule has 0 bridgehead atoms. The molecule has 1 aromatic carbocycles. The van der Waals surface area contributed by atoms with E-state index in [4.69, 9.17) is 0 Å². The van der Waals surface area contributed by atoms with E-state index in [2.05, 4.69) is 26.1 Å². The first-order valence-corrected chi connectivity index (χ1v) is 7.57. The van der Waals surface area contributed by atoms with Gasteiger partial charge in [0.1, 0.15) is 0 Å². The summed E-state index contributed by atoms with van der Waals surface area (Å²) in [6.07, 6.45) is 1.16. The number of likely N-dealkylation sites (tertiary alicyclic amines) is 1. The van der Waals surface area contributed by atoms with Crippen LogP contribution in [0.25, 0.3) is 0 Å². The van der Waals surface area contributed by atoms with Crippen molar-refractivity contribution in [2.45, 2.75) is 40.2 Å². The zero-order valence-corrected chi connectivity index (χ0v) is 13.2. The maximum absolute atomic E-state index is 12.4. The van der Waals surface area contributed by atoms with Crippen molar-refractivity contribution in [1.82, 2.24) is 4.90 Å². The lowest BCUT2D eigenvalue weighted by molar-refractivity contribution is 0.101. The number of nitrogens with zero attached hydrogens (tertiary/aromatic N) is 1. The van der Waals surface area contributed by atoms with Gasteiger partial charge in [-0.05, 0) is 56.4 Å². The van der Waals surface area contributed by atoms with Crippen LogP contribution in [-0.4, -0.2) is 29.3 Å². The van der Waals surface area contributed by atoms with Gasteiger partial charge in [0.05, 0.1) is 0 Å². The van der Waals surface area contributed by atoms with Gasteiger partial charge >= 0.3 is 6.03 Å². The molecule has 1 aromatic rings. The fourth-order valence-corrected chi connectivity index (χ4v) is 2.97. The van der Waals surface area contributed by atoms with E-state index in [0.29, 0.717) is 17.4 Å². The average Bonchev–Trinajstić information content (AvgIpc) is 2.43. The van der Waals surface area contributed by atoms with Crippen molar-refractivity contribution in [1.29, 1.82) is 0 Å². The van der Waals surface area contributed by atoms with Crippen LogP contribution < -0.4 is 5.32 Å². The summed E-state index contributed by atoms with van der Waals surface area (Å²) in [5.41, 5.74) is 1.38. The lowest BCUT2D eigenvalue weighted by Crippen LogP contribution is -2.50. The molecule has 0 saturated carbocycles. The Labute approximate surface area is 126 Å². The molecular formula is C17H24N2O2. The van der Waals surface area contributed by atoms with Crippen LogP contribution >= 0.6 is 0 Å². The summed E-state index contributed by atoms with van der Waals surface area (Å²) in [6.45, 7) is 8.82. The van der Waals surface area contributed by atoms with Crippen LogP contribution in [0.1, 0.15) is 44.5 Å². The maximum atomic E-state index is 12.4. The molecule has 3 atom stereocenters. The second-order valence-electron chi connectivity index (χ2n) is 6.27. The van der Waals surface area contributed by atoms with Gasteiger partial charge in [-0.15, -0.1) is 0 Å². The lowest BCUT2D eigenvalue weighted by atomic mass is 9.86. The Morgan fingerprint density at radius 2 is 1.76 bits per heavy atom. The standard InChI is InChI=1S/C17H24N2O2/c1-11-9-12(2)13(3)19(10-11)17(21)18-16-7-5-15(6-8-16)14(4)20/h5-8,11-13H,9-10H2,1-4H3,(H,18,21). The first-order valence-electron chi connectivity index (χ1n) is 7.57. The third-order valence-electron chi connectivity index (χ3n) is 4.40. The normalized spacial score (nSPS) is 25.5. The van der Waals surface area contributed by atoms with Gasteiger partial charge < -0.3 is 10.2 Å². The number of Topliss-reactive ketones (excluding diaryl/α,β-unsaturated/α-hetero) is 1. The summed E-state index contributed by atoms with van der Waals surface area (Å²) < 4.78 is 0. The number of ketones is 1. The van der Waals surface area contributed by atoms with Crippen molar-refractivity contribution in [3.63, 3.8) is 0 Å². The number of benzene rings is 1. The van der Waals surface area contributed by atoms with Crippen LogP contribution in [0.3, 0.4) is 0 Å². The van der Waals surface area contributed by atoms with Crippen LogP contribution in [-0.2, 0) is 0 Å². The van der Waals surface area contributed by atoms with Crippen LogP contribution in [0.15, 0.2) is 24.3 Å². The minimum absolute atomic E-state index is 0.0279. The predicted molar refractivity (Wildman–Crippen MR) is 84.6 cm³/mol. The second kappa shape index (κ2) is 6.29. The summed E-state index contributed by atoms with van der Waals surface area (Å²) in [5.74, 6) is 1.07. The summed E-state index contributed by atoms with van der Waals surface area (Å²) in [6, 6.07) is 7.21. The number of piperidine rings is 1. The number of carbonyl (C=O) groups is 2. The highest BCUT2D eigenvalue weighted by atomic mass is 16.2. The van der Waals surface area contributed by atoms with E-state index in [-0.39, 0.29) is 17.9 Å². The average molecular weight is 288 g/mol. The van der Waals surface area contributed by atoms with E-state index in [9.17, 15) is 9.59 Å². The van der Waals surface area contributed by atoms with Gasteiger partial charge in [-0.2, -0.15) is 0 Å². The predicted octanol–water partition coefficient (Wildman–Crippen LogP) is 3.79. The molecule has 114 valence electrons. The lowest BCUT2D eigenvalue weighted by Gasteiger charge is -2.40. The monoisotopic (exact) mass is 288 g/mol. The summed E-state index contributed by atoms with van der Waals surface area (Å²) in [4.78, 5) is 25.6. The van der Waals surface area contributed by atoms with Gasteiger partial charge in [-0.3, -0.25) is 4.79 Å². The van der Waals surface area contributed by atoms with Crippen LogP contribution in [0.2, 0.25) is 0 Å². The number of urea groups is 1. The Kier molecular flexibility index (Phi) is 4.66. The molecule has 0 aliphatic carbocycles. The van der Waals surface area contributed by atoms with E-state index >= 15 is 0 Å². The molecule has 3 unspecified atom stereocenters. The zero-order chi connectivity index (χ0) is 15.6.